The summed E-state index contributed by atoms with van der Waals surface area (Å²) in [6.07, 6.45) is 1.48. The molecule has 0 fully saturated rings. The molecule has 0 N–H and O–H groups in total. The third-order valence-electron chi connectivity index (χ3n) is 4.51. The van der Waals surface area contributed by atoms with Gasteiger partial charge in [0.05, 0.1) is 17.3 Å². The van der Waals surface area contributed by atoms with Gasteiger partial charge in [-0.3, -0.25) is 24.0 Å². The minimum atomic E-state index is -0.457. The summed E-state index contributed by atoms with van der Waals surface area (Å²) < 4.78 is 3.97. The molecule has 130 valence electrons. The molecule has 3 aromatic rings. The standard InChI is InChI=1S/C16H17N5O4/c1-9-5-6-11(21(24)25)7-12(9)10(2)20-8-17-14-13(20)15(22)19(4)16(23)18(14)3/h5-8,10H,1-4H3. The first-order chi connectivity index (χ1) is 11.7. The second-order valence-corrected chi connectivity index (χ2v) is 6.00. The number of non-ortho nitro benzene ring substituents is 1. The Balaban J connectivity index is 2.28. The summed E-state index contributed by atoms with van der Waals surface area (Å²) in [7, 11) is 2.95. The van der Waals surface area contributed by atoms with Gasteiger partial charge in [0, 0.05) is 26.2 Å². The number of fused-ring (bicyclic) bond motifs is 1. The maximum atomic E-state index is 12.6. The summed E-state index contributed by atoms with van der Waals surface area (Å²) >= 11 is 0. The molecular formula is C16H17N5O4. The molecule has 0 saturated heterocycles. The van der Waals surface area contributed by atoms with Gasteiger partial charge in [0.15, 0.2) is 11.2 Å². The maximum absolute atomic E-state index is 12.6. The molecule has 9 heteroatoms. The van der Waals surface area contributed by atoms with Crippen molar-refractivity contribution in [1.82, 2.24) is 18.7 Å². The second-order valence-electron chi connectivity index (χ2n) is 6.00. The number of hydrogen-bond acceptors (Lipinski definition) is 5. The minimum absolute atomic E-state index is 0.0165. The van der Waals surface area contributed by atoms with E-state index in [2.05, 4.69) is 4.98 Å². The van der Waals surface area contributed by atoms with E-state index in [4.69, 9.17) is 0 Å². The van der Waals surface area contributed by atoms with Crippen molar-refractivity contribution in [2.45, 2.75) is 19.9 Å². The average Bonchev–Trinajstić information content (AvgIpc) is 3.02. The van der Waals surface area contributed by atoms with E-state index in [1.54, 1.807) is 17.7 Å². The molecule has 3 rings (SSSR count). The Morgan fingerprint density at radius 2 is 1.88 bits per heavy atom. The van der Waals surface area contributed by atoms with Gasteiger partial charge in [0.25, 0.3) is 11.2 Å². The molecule has 0 bridgehead atoms. The lowest BCUT2D eigenvalue weighted by Gasteiger charge is -2.17. The third kappa shape index (κ3) is 2.44. The van der Waals surface area contributed by atoms with E-state index in [-0.39, 0.29) is 22.9 Å². The predicted molar refractivity (Wildman–Crippen MR) is 91.9 cm³/mol. The smallest absolute Gasteiger partial charge is 0.317 e. The highest BCUT2D eigenvalue weighted by molar-refractivity contribution is 5.70. The van der Waals surface area contributed by atoms with Gasteiger partial charge in [0.2, 0.25) is 0 Å². The van der Waals surface area contributed by atoms with Gasteiger partial charge in [-0.05, 0) is 25.0 Å². The monoisotopic (exact) mass is 343 g/mol. The number of aromatic nitrogens is 4. The van der Waals surface area contributed by atoms with Gasteiger partial charge < -0.3 is 4.57 Å². The van der Waals surface area contributed by atoms with E-state index in [1.807, 2.05) is 13.8 Å². The zero-order valence-electron chi connectivity index (χ0n) is 14.3. The summed E-state index contributed by atoms with van der Waals surface area (Å²) in [6.45, 7) is 3.68. The highest BCUT2D eigenvalue weighted by atomic mass is 16.6. The topological polar surface area (TPSA) is 105 Å². The molecule has 1 atom stereocenters. The van der Waals surface area contributed by atoms with E-state index in [0.717, 1.165) is 10.1 Å². The van der Waals surface area contributed by atoms with E-state index >= 15 is 0 Å². The van der Waals surface area contributed by atoms with Crippen LogP contribution < -0.4 is 11.2 Å². The lowest BCUT2D eigenvalue weighted by Crippen LogP contribution is -2.37. The SMILES string of the molecule is Cc1ccc([N+](=O)[O-])cc1C(C)n1cnc2c1c(=O)n(C)c(=O)n2C. The highest BCUT2D eigenvalue weighted by Gasteiger charge is 2.21. The fourth-order valence-electron chi connectivity index (χ4n) is 3.00. The Kier molecular flexibility index (Phi) is 3.78. The first-order valence-corrected chi connectivity index (χ1v) is 7.61. The van der Waals surface area contributed by atoms with Crippen LogP contribution in [0, 0.1) is 17.0 Å². The first kappa shape index (κ1) is 16.6. The van der Waals surface area contributed by atoms with Crippen LogP contribution >= 0.6 is 0 Å². The Morgan fingerprint density at radius 3 is 2.52 bits per heavy atom. The summed E-state index contributed by atoms with van der Waals surface area (Å²) in [4.78, 5) is 39.4. The highest BCUT2D eigenvalue weighted by Crippen LogP contribution is 2.27. The fraction of sp³-hybridized carbons (Fsp3) is 0.312. The number of nitro benzene ring substituents is 1. The maximum Gasteiger partial charge on any atom is 0.332 e. The zero-order valence-corrected chi connectivity index (χ0v) is 14.3. The minimum Gasteiger partial charge on any atom is -0.317 e. The fourth-order valence-corrected chi connectivity index (χ4v) is 3.00. The van der Waals surface area contributed by atoms with Gasteiger partial charge in [-0.15, -0.1) is 0 Å². The predicted octanol–water partition coefficient (Wildman–Crippen LogP) is 1.26. The first-order valence-electron chi connectivity index (χ1n) is 7.61. The van der Waals surface area contributed by atoms with Crippen LogP contribution in [0.5, 0.6) is 0 Å². The van der Waals surface area contributed by atoms with Crippen LogP contribution in [0.3, 0.4) is 0 Å². The number of nitro groups is 1. The van der Waals surface area contributed by atoms with Crippen molar-refractivity contribution in [1.29, 1.82) is 0 Å². The summed E-state index contributed by atoms with van der Waals surface area (Å²) in [5.74, 6) is 0. The van der Waals surface area contributed by atoms with Crippen LogP contribution in [0.15, 0.2) is 34.1 Å². The van der Waals surface area contributed by atoms with Gasteiger partial charge in [-0.2, -0.15) is 0 Å². The van der Waals surface area contributed by atoms with Crippen LogP contribution in [0.4, 0.5) is 5.69 Å². The van der Waals surface area contributed by atoms with E-state index < -0.39 is 16.2 Å². The summed E-state index contributed by atoms with van der Waals surface area (Å²) in [5, 5.41) is 11.1. The van der Waals surface area contributed by atoms with Gasteiger partial charge in [0.1, 0.15) is 0 Å². The van der Waals surface area contributed by atoms with E-state index in [1.165, 1.54) is 30.1 Å². The number of aryl methyl sites for hydroxylation is 2. The Hall–Kier alpha value is -3.23. The lowest BCUT2D eigenvalue weighted by molar-refractivity contribution is -0.384. The van der Waals surface area contributed by atoms with Crippen LogP contribution in [-0.2, 0) is 14.1 Å². The van der Waals surface area contributed by atoms with Crippen molar-refractivity contribution in [3.8, 4) is 0 Å². The Morgan fingerprint density at radius 1 is 1.20 bits per heavy atom. The number of nitrogens with zero attached hydrogens (tertiary/aromatic N) is 5. The third-order valence-corrected chi connectivity index (χ3v) is 4.51. The molecule has 1 unspecified atom stereocenters. The molecule has 1 aromatic carbocycles. The number of benzene rings is 1. The van der Waals surface area contributed by atoms with Crippen molar-refractivity contribution < 1.29 is 4.92 Å². The number of imidazole rings is 1. The van der Waals surface area contributed by atoms with Crippen molar-refractivity contribution in [2.24, 2.45) is 14.1 Å². The van der Waals surface area contributed by atoms with Gasteiger partial charge in [-0.25, -0.2) is 9.78 Å². The lowest BCUT2D eigenvalue weighted by atomic mass is 10.0. The Bertz CT molecular complexity index is 1120. The zero-order chi connectivity index (χ0) is 18.5. The number of rotatable bonds is 3. The molecule has 0 radical (unpaired) electrons. The summed E-state index contributed by atoms with van der Waals surface area (Å²) in [6, 6.07) is 4.25. The van der Waals surface area contributed by atoms with Crippen LogP contribution in [0.1, 0.15) is 24.1 Å². The summed E-state index contributed by atoms with van der Waals surface area (Å²) in [5.41, 5.74) is 1.21. The molecular weight excluding hydrogens is 326 g/mol. The Labute approximate surface area is 141 Å². The largest absolute Gasteiger partial charge is 0.332 e. The molecule has 0 amide bonds. The van der Waals surface area contributed by atoms with E-state index in [9.17, 15) is 19.7 Å². The molecule has 0 aliphatic heterocycles. The van der Waals surface area contributed by atoms with Crippen LogP contribution in [0.2, 0.25) is 0 Å². The van der Waals surface area contributed by atoms with Crippen molar-refractivity contribution in [3.05, 3.63) is 66.6 Å². The van der Waals surface area contributed by atoms with Crippen LogP contribution in [-0.4, -0.2) is 23.6 Å². The normalized spacial score (nSPS) is 12.5. The average molecular weight is 343 g/mol. The van der Waals surface area contributed by atoms with Crippen molar-refractivity contribution in [3.63, 3.8) is 0 Å². The van der Waals surface area contributed by atoms with Gasteiger partial charge in [-0.1, -0.05) is 6.07 Å². The number of hydrogen-bond donors (Lipinski definition) is 0. The molecule has 0 spiro atoms. The molecule has 2 aromatic heterocycles. The molecule has 0 aliphatic rings. The molecule has 25 heavy (non-hydrogen) atoms. The van der Waals surface area contributed by atoms with Gasteiger partial charge >= 0.3 is 5.69 Å². The van der Waals surface area contributed by atoms with Crippen LogP contribution in [0.25, 0.3) is 11.2 Å². The quantitative estimate of drug-likeness (QED) is 0.526. The molecule has 2 heterocycles. The van der Waals surface area contributed by atoms with Crippen molar-refractivity contribution >= 4 is 16.9 Å². The molecule has 0 aliphatic carbocycles. The van der Waals surface area contributed by atoms with Crippen molar-refractivity contribution in [2.75, 3.05) is 0 Å². The second kappa shape index (κ2) is 5.69. The van der Waals surface area contributed by atoms with E-state index in [0.29, 0.717) is 5.56 Å². The molecule has 9 nitrogen and oxygen atoms in total. The molecule has 0 saturated carbocycles.